The van der Waals surface area contributed by atoms with Gasteiger partial charge in [0.1, 0.15) is 5.75 Å². The number of amides is 1. The zero-order valence-corrected chi connectivity index (χ0v) is 13.5. The van der Waals surface area contributed by atoms with Gasteiger partial charge in [0, 0.05) is 24.4 Å². The van der Waals surface area contributed by atoms with Crippen molar-refractivity contribution < 1.29 is 9.53 Å². The highest BCUT2D eigenvalue weighted by molar-refractivity contribution is 5.76. The second kappa shape index (κ2) is 7.69. The molecule has 1 aromatic heterocycles. The Bertz CT molecular complexity index is 632. The Morgan fingerprint density at radius 2 is 2.05 bits per heavy atom. The fourth-order valence-electron chi connectivity index (χ4n) is 2.55. The fourth-order valence-corrected chi connectivity index (χ4v) is 2.55. The Labute approximate surface area is 131 Å². The Morgan fingerprint density at radius 1 is 1.23 bits per heavy atom. The van der Waals surface area contributed by atoms with Crippen LogP contribution in [0.1, 0.15) is 28.9 Å². The zero-order valence-electron chi connectivity index (χ0n) is 13.5. The SMILES string of the molecule is COc1cccc(CCC(=O)NCCc2cc(C)[nH]c2C)c1. The van der Waals surface area contributed by atoms with Gasteiger partial charge in [-0.2, -0.15) is 0 Å². The van der Waals surface area contributed by atoms with Crippen LogP contribution in [-0.4, -0.2) is 24.5 Å². The van der Waals surface area contributed by atoms with Gasteiger partial charge in [-0.15, -0.1) is 0 Å². The smallest absolute Gasteiger partial charge is 0.220 e. The molecule has 0 unspecified atom stereocenters. The topological polar surface area (TPSA) is 54.1 Å². The molecule has 1 amide bonds. The fraction of sp³-hybridized carbons (Fsp3) is 0.389. The number of benzene rings is 1. The van der Waals surface area contributed by atoms with E-state index >= 15 is 0 Å². The lowest BCUT2D eigenvalue weighted by atomic mass is 10.1. The summed E-state index contributed by atoms with van der Waals surface area (Å²) < 4.78 is 5.19. The van der Waals surface area contributed by atoms with Crippen molar-refractivity contribution in [1.29, 1.82) is 0 Å². The molecular weight excluding hydrogens is 276 g/mol. The van der Waals surface area contributed by atoms with Gasteiger partial charge in [-0.05, 0) is 56.0 Å². The largest absolute Gasteiger partial charge is 0.497 e. The molecule has 2 N–H and O–H groups in total. The van der Waals surface area contributed by atoms with Gasteiger partial charge in [0.25, 0.3) is 0 Å². The Kier molecular flexibility index (Phi) is 5.64. The second-order valence-corrected chi connectivity index (χ2v) is 5.55. The number of methoxy groups -OCH3 is 1. The standard InChI is InChI=1S/C18H24N2O2/c1-13-11-16(14(2)20-13)9-10-19-18(21)8-7-15-5-4-6-17(12-15)22-3/h4-6,11-12,20H,7-10H2,1-3H3,(H,19,21). The molecule has 0 radical (unpaired) electrons. The third kappa shape index (κ3) is 4.65. The number of carbonyl (C=O) groups excluding carboxylic acids is 1. The van der Waals surface area contributed by atoms with Gasteiger partial charge < -0.3 is 15.0 Å². The van der Waals surface area contributed by atoms with Crippen molar-refractivity contribution >= 4 is 5.91 Å². The van der Waals surface area contributed by atoms with Crippen LogP contribution in [0.25, 0.3) is 0 Å². The summed E-state index contributed by atoms with van der Waals surface area (Å²) in [5.41, 5.74) is 4.73. The molecule has 4 nitrogen and oxygen atoms in total. The molecule has 0 aliphatic heterocycles. The van der Waals surface area contributed by atoms with Crippen molar-refractivity contribution in [1.82, 2.24) is 10.3 Å². The number of carbonyl (C=O) groups is 1. The summed E-state index contributed by atoms with van der Waals surface area (Å²) in [6, 6.07) is 9.98. The molecular formula is C18H24N2O2. The van der Waals surface area contributed by atoms with Crippen molar-refractivity contribution in [2.24, 2.45) is 0 Å². The van der Waals surface area contributed by atoms with Crippen molar-refractivity contribution in [2.45, 2.75) is 33.1 Å². The molecule has 1 aromatic carbocycles. The highest BCUT2D eigenvalue weighted by Crippen LogP contribution is 2.14. The third-order valence-electron chi connectivity index (χ3n) is 3.75. The summed E-state index contributed by atoms with van der Waals surface area (Å²) in [6.45, 7) is 4.78. The number of hydrogen-bond acceptors (Lipinski definition) is 2. The van der Waals surface area contributed by atoms with E-state index in [1.165, 1.54) is 11.3 Å². The lowest BCUT2D eigenvalue weighted by molar-refractivity contribution is -0.121. The maximum atomic E-state index is 11.9. The number of nitrogens with one attached hydrogen (secondary N) is 2. The quantitative estimate of drug-likeness (QED) is 0.826. The molecule has 2 rings (SSSR count). The minimum Gasteiger partial charge on any atom is -0.497 e. The van der Waals surface area contributed by atoms with Crippen LogP contribution in [0.3, 0.4) is 0 Å². The number of aromatic amines is 1. The van der Waals surface area contributed by atoms with Gasteiger partial charge in [-0.1, -0.05) is 12.1 Å². The first-order valence-corrected chi connectivity index (χ1v) is 7.63. The minimum absolute atomic E-state index is 0.0905. The predicted molar refractivity (Wildman–Crippen MR) is 88.3 cm³/mol. The van der Waals surface area contributed by atoms with Gasteiger partial charge in [-0.25, -0.2) is 0 Å². The van der Waals surface area contributed by atoms with Crippen molar-refractivity contribution in [3.63, 3.8) is 0 Å². The first-order valence-electron chi connectivity index (χ1n) is 7.63. The lowest BCUT2D eigenvalue weighted by Crippen LogP contribution is -2.25. The lowest BCUT2D eigenvalue weighted by Gasteiger charge is -2.06. The first-order chi connectivity index (χ1) is 10.6. The van der Waals surface area contributed by atoms with E-state index in [0.29, 0.717) is 13.0 Å². The first kappa shape index (κ1) is 16.1. The average Bonchev–Trinajstić information content (AvgIpc) is 2.83. The molecule has 2 aromatic rings. The van der Waals surface area contributed by atoms with Crippen LogP contribution in [0.15, 0.2) is 30.3 Å². The Balaban J connectivity index is 1.72. The van der Waals surface area contributed by atoms with Crippen LogP contribution >= 0.6 is 0 Å². The molecule has 0 saturated heterocycles. The molecule has 22 heavy (non-hydrogen) atoms. The predicted octanol–water partition coefficient (Wildman–Crippen LogP) is 2.93. The summed E-state index contributed by atoms with van der Waals surface area (Å²) in [7, 11) is 1.65. The summed E-state index contributed by atoms with van der Waals surface area (Å²) >= 11 is 0. The van der Waals surface area contributed by atoms with Gasteiger partial charge in [-0.3, -0.25) is 4.79 Å². The molecule has 0 spiro atoms. The van der Waals surface area contributed by atoms with Crippen molar-refractivity contribution in [3.8, 4) is 5.75 Å². The number of ether oxygens (including phenoxy) is 1. The normalized spacial score (nSPS) is 10.5. The molecule has 0 saturated carbocycles. The van der Waals surface area contributed by atoms with Gasteiger partial charge in [0.15, 0.2) is 0 Å². The van der Waals surface area contributed by atoms with E-state index in [-0.39, 0.29) is 5.91 Å². The molecule has 118 valence electrons. The number of aryl methyl sites for hydroxylation is 3. The molecule has 0 aliphatic rings. The number of hydrogen-bond donors (Lipinski definition) is 2. The highest BCUT2D eigenvalue weighted by atomic mass is 16.5. The van der Waals surface area contributed by atoms with Crippen LogP contribution in [0.4, 0.5) is 0 Å². The Hall–Kier alpha value is -2.23. The zero-order chi connectivity index (χ0) is 15.9. The van der Waals surface area contributed by atoms with Gasteiger partial charge >= 0.3 is 0 Å². The van der Waals surface area contributed by atoms with E-state index in [4.69, 9.17) is 4.74 Å². The summed E-state index contributed by atoms with van der Waals surface area (Å²) in [6.07, 6.45) is 2.09. The summed E-state index contributed by atoms with van der Waals surface area (Å²) in [4.78, 5) is 15.2. The minimum atomic E-state index is 0.0905. The van der Waals surface area contributed by atoms with Crippen molar-refractivity contribution in [3.05, 3.63) is 52.8 Å². The monoisotopic (exact) mass is 300 g/mol. The maximum absolute atomic E-state index is 11.9. The van der Waals surface area contributed by atoms with E-state index < -0.39 is 0 Å². The molecule has 0 bridgehead atoms. The molecule has 1 heterocycles. The van der Waals surface area contributed by atoms with E-state index in [1.807, 2.05) is 31.2 Å². The molecule has 0 fully saturated rings. The average molecular weight is 300 g/mol. The third-order valence-corrected chi connectivity index (χ3v) is 3.75. The van der Waals surface area contributed by atoms with Crippen LogP contribution in [0.5, 0.6) is 5.75 Å². The highest BCUT2D eigenvalue weighted by Gasteiger charge is 2.05. The molecule has 4 heteroatoms. The Morgan fingerprint density at radius 3 is 2.73 bits per heavy atom. The van der Waals surface area contributed by atoms with Gasteiger partial charge in [0.05, 0.1) is 7.11 Å². The van der Waals surface area contributed by atoms with E-state index in [2.05, 4.69) is 23.3 Å². The van der Waals surface area contributed by atoms with Crippen LogP contribution in [0.2, 0.25) is 0 Å². The number of rotatable bonds is 7. The van der Waals surface area contributed by atoms with E-state index in [0.717, 1.165) is 29.8 Å². The second-order valence-electron chi connectivity index (χ2n) is 5.55. The number of H-pyrrole nitrogens is 1. The maximum Gasteiger partial charge on any atom is 0.220 e. The number of aromatic nitrogens is 1. The van der Waals surface area contributed by atoms with Crippen LogP contribution in [-0.2, 0) is 17.6 Å². The molecule has 0 aliphatic carbocycles. The van der Waals surface area contributed by atoms with Gasteiger partial charge in [0.2, 0.25) is 5.91 Å². The summed E-state index contributed by atoms with van der Waals surface area (Å²) in [5.74, 6) is 0.920. The van der Waals surface area contributed by atoms with Crippen LogP contribution < -0.4 is 10.1 Å². The van der Waals surface area contributed by atoms with Crippen molar-refractivity contribution in [2.75, 3.05) is 13.7 Å². The van der Waals surface area contributed by atoms with E-state index in [1.54, 1.807) is 7.11 Å². The van der Waals surface area contributed by atoms with E-state index in [9.17, 15) is 4.79 Å². The van der Waals surface area contributed by atoms with Crippen LogP contribution in [0, 0.1) is 13.8 Å². The molecule has 0 atom stereocenters. The summed E-state index contributed by atoms with van der Waals surface area (Å²) in [5, 5.41) is 2.98.